The Morgan fingerprint density at radius 3 is 2.94 bits per heavy atom. The van der Waals surface area contributed by atoms with Crippen molar-refractivity contribution >= 4 is 5.69 Å². The number of hydrogen-bond donors (Lipinski definition) is 2. The highest BCUT2D eigenvalue weighted by atomic mass is 16.3. The summed E-state index contributed by atoms with van der Waals surface area (Å²) in [4.78, 5) is 9.00. The molecule has 5 nitrogen and oxygen atoms in total. The van der Waals surface area contributed by atoms with Crippen LogP contribution in [0.3, 0.4) is 0 Å². The highest BCUT2D eigenvalue weighted by molar-refractivity contribution is 5.50. The zero-order valence-electron chi connectivity index (χ0n) is 10.8. The fourth-order valence-electron chi connectivity index (χ4n) is 2.45. The Bertz CT molecular complexity index is 372. The Morgan fingerprint density at radius 2 is 2.17 bits per heavy atom. The normalized spacial score (nSPS) is 17.8. The molecule has 2 heterocycles. The molecule has 0 unspecified atom stereocenters. The van der Waals surface area contributed by atoms with Crippen molar-refractivity contribution in [1.82, 2.24) is 9.88 Å². The minimum absolute atomic E-state index is 0.237. The molecule has 18 heavy (non-hydrogen) atoms. The van der Waals surface area contributed by atoms with E-state index in [0.717, 1.165) is 50.5 Å². The molecule has 1 aliphatic heterocycles. The fraction of sp³-hybridized carbons (Fsp3) is 0.615. The summed E-state index contributed by atoms with van der Waals surface area (Å²) in [5.74, 6) is 0. The number of hydrogen-bond acceptors (Lipinski definition) is 5. The van der Waals surface area contributed by atoms with Gasteiger partial charge in [-0.05, 0) is 25.1 Å². The predicted octanol–water partition coefficient (Wildman–Crippen LogP) is 0.0447. The van der Waals surface area contributed by atoms with Gasteiger partial charge in [-0.25, -0.2) is 0 Å². The van der Waals surface area contributed by atoms with E-state index in [1.54, 1.807) is 6.20 Å². The zero-order valence-corrected chi connectivity index (χ0v) is 10.8. The molecule has 5 heteroatoms. The van der Waals surface area contributed by atoms with Crippen molar-refractivity contribution in [2.75, 3.05) is 44.2 Å². The first-order valence-electron chi connectivity index (χ1n) is 6.57. The van der Waals surface area contributed by atoms with Gasteiger partial charge in [0.15, 0.2) is 0 Å². The highest BCUT2D eigenvalue weighted by Gasteiger charge is 2.16. The van der Waals surface area contributed by atoms with Crippen molar-refractivity contribution in [2.24, 2.45) is 5.73 Å². The molecule has 0 radical (unpaired) electrons. The molecular weight excluding hydrogens is 228 g/mol. The summed E-state index contributed by atoms with van der Waals surface area (Å²) >= 11 is 0. The molecule has 0 amide bonds. The van der Waals surface area contributed by atoms with Crippen LogP contribution in [0.2, 0.25) is 0 Å². The third kappa shape index (κ3) is 3.19. The van der Waals surface area contributed by atoms with Crippen LogP contribution in [0.1, 0.15) is 12.1 Å². The minimum atomic E-state index is 0.237. The van der Waals surface area contributed by atoms with Gasteiger partial charge >= 0.3 is 0 Å². The Kier molecular flexibility index (Phi) is 4.92. The molecule has 0 spiro atoms. The van der Waals surface area contributed by atoms with Crippen molar-refractivity contribution in [1.29, 1.82) is 0 Å². The van der Waals surface area contributed by atoms with E-state index in [4.69, 9.17) is 10.8 Å². The topological polar surface area (TPSA) is 65.6 Å². The fourth-order valence-corrected chi connectivity index (χ4v) is 2.45. The molecule has 0 aromatic carbocycles. The van der Waals surface area contributed by atoms with E-state index < -0.39 is 0 Å². The summed E-state index contributed by atoms with van der Waals surface area (Å²) in [6, 6.07) is 4.06. The molecule has 0 atom stereocenters. The lowest BCUT2D eigenvalue weighted by molar-refractivity contribution is 0.204. The summed E-state index contributed by atoms with van der Waals surface area (Å²) in [6.45, 7) is 5.52. The first kappa shape index (κ1) is 13.3. The monoisotopic (exact) mass is 250 g/mol. The van der Waals surface area contributed by atoms with Gasteiger partial charge in [-0.3, -0.25) is 9.88 Å². The number of β-amino-alcohol motifs (C(OH)–C–C–N with tert-alkyl or cyclic N) is 1. The largest absolute Gasteiger partial charge is 0.395 e. The van der Waals surface area contributed by atoms with Crippen LogP contribution in [-0.2, 0) is 6.54 Å². The SMILES string of the molecule is NCc1ncccc1N1CCCN(CCO)CC1. The van der Waals surface area contributed by atoms with Gasteiger partial charge < -0.3 is 15.7 Å². The van der Waals surface area contributed by atoms with E-state index in [-0.39, 0.29) is 6.61 Å². The highest BCUT2D eigenvalue weighted by Crippen LogP contribution is 2.19. The maximum Gasteiger partial charge on any atom is 0.0772 e. The molecule has 1 fully saturated rings. The van der Waals surface area contributed by atoms with Crippen LogP contribution in [0, 0.1) is 0 Å². The Hall–Kier alpha value is -1.17. The number of anilines is 1. The van der Waals surface area contributed by atoms with Gasteiger partial charge in [0.1, 0.15) is 0 Å². The Balaban J connectivity index is 2.05. The lowest BCUT2D eigenvalue weighted by atomic mass is 10.2. The number of nitrogens with two attached hydrogens (primary N) is 1. The smallest absolute Gasteiger partial charge is 0.0772 e. The quantitative estimate of drug-likeness (QED) is 0.790. The third-order valence-electron chi connectivity index (χ3n) is 3.40. The molecule has 2 rings (SSSR count). The number of aliphatic hydroxyl groups excluding tert-OH is 1. The maximum absolute atomic E-state index is 8.99. The van der Waals surface area contributed by atoms with Crippen LogP contribution in [0.25, 0.3) is 0 Å². The van der Waals surface area contributed by atoms with Crippen molar-refractivity contribution in [3.05, 3.63) is 24.0 Å². The number of aliphatic hydroxyl groups is 1. The van der Waals surface area contributed by atoms with Gasteiger partial charge in [-0.15, -0.1) is 0 Å². The predicted molar refractivity (Wildman–Crippen MR) is 72.5 cm³/mol. The minimum Gasteiger partial charge on any atom is -0.395 e. The van der Waals surface area contributed by atoms with Gasteiger partial charge in [-0.2, -0.15) is 0 Å². The van der Waals surface area contributed by atoms with Gasteiger partial charge in [0.25, 0.3) is 0 Å². The zero-order chi connectivity index (χ0) is 12.8. The molecule has 1 aliphatic rings. The standard InChI is InChI=1S/C13H22N4O/c14-11-12-13(3-1-4-15-12)17-6-2-5-16(7-8-17)9-10-18/h1,3-4,18H,2,5-11,14H2. The number of aromatic nitrogens is 1. The second-order valence-electron chi connectivity index (χ2n) is 4.58. The van der Waals surface area contributed by atoms with Crippen LogP contribution >= 0.6 is 0 Å². The molecule has 1 saturated heterocycles. The molecule has 0 aliphatic carbocycles. The lowest BCUT2D eigenvalue weighted by Gasteiger charge is -2.25. The molecule has 100 valence electrons. The number of pyridine rings is 1. The van der Waals surface area contributed by atoms with Crippen molar-refractivity contribution < 1.29 is 5.11 Å². The Morgan fingerprint density at radius 1 is 1.28 bits per heavy atom. The molecule has 3 N–H and O–H groups in total. The van der Waals surface area contributed by atoms with E-state index in [2.05, 4.69) is 20.9 Å². The van der Waals surface area contributed by atoms with Crippen molar-refractivity contribution in [3.8, 4) is 0 Å². The molecule has 0 saturated carbocycles. The van der Waals surface area contributed by atoms with E-state index in [1.807, 2.05) is 6.07 Å². The van der Waals surface area contributed by atoms with E-state index >= 15 is 0 Å². The maximum atomic E-state index is 8.99. The van der Waals surface area contributed by atoms with Crippen LogP contribution in [-0.4, -0.2) is 54.3 Å². The van der Waals surface area contributed by atoms with Crippen molar-refractivity contribution in [2.45, 2.75) is 13.0 Å². The average Bonchev–Trinajstić information content (AvgIpc) is 2.65. The third-order valence-corrected chi connectivity index (χ3v) is 3.40. The van der Waals surface area contributed by atoms with Gasteiger partial charge in [-0.1, -0.05) is 0 Å². The van der Waals surface area contributed by atoms with Gasteiger partial charge in [0.2, 0.25) is 0 Å². The first-order chi connectivity index (χ1) is 8.85. The van der Waals surface area contributed by atoms with Gasteiger partial charge in [0, 0.05) is 38.9 Å². The number of rotatable bonds is 4. The average molecular weight is 250 g/mol. The summed E-state index contributed by atoms with van der Waals surface area (Å²) in [5, 5.41) is 8.99. The van der Waals surface area contributed by atoms with E-state index in [1.165, 1.54) is 0 Å². The van der Waals surface area contributed by atoms with Crippen LogP contribution in [0.4, 0.5) is 5.69 Å². The first-order valence-corrected chi connectivity index (χ1v) is 6.57. The molecule has 0 bridgehead atoms. The van der Waals surface area contributed by atoms with Crippen LogP contribution < -0.4 is 10.6 Å². The van der Waals surface area contributed by atoms with Crippen molar-refractivity contribution in [3.63, 3.8) is 0 Å². The molecular formula is C13H22N4O. The van der Waals surface area contributed by atoms with Crippen LogP contribution in [0.5, 0.6) is 0 Å². The van der Waals surface area contributed by atoms with E-state index in [9.17, 15) is 0 Å². The summed E-state index contributed by atoms with van der Waals surface area (Å²) < 4.78 is 0. The molecule has 1 aromatic rings. The summed E-state index contributed by atoms with van der Waals surface area (Å²) in [7, 11) is 0. The second-order valence-corrected chi connectivity index (χ2v) is 4.58. The number of nitrogens with zero attached hydrogens (tertiary/aromatic N) is 3. The molecule has 1 aromatic heterocycles. The second kappa shape index (κ2) is 6.68. The summed E-state index contributed by atoms with van der Waals surface area (Å²) in [6.07, 6.45) is 2.90. The Labute approximate surface area is 108 Å². The summed E-state index contributed by atoms with van der Waals surface area (Å²) in [5.41, 5.74) is 7.86. The lowest BCUT2D eigenvalue weighted by Crippen LogP contribution is -2.33. The van der Waals surface area contributed by atoms with E-state index in [0.29, 0.717) is 6.54 Å². The van der Waals surface area contributed by atoms with Crippen LogP contribution in [0.15, 0.2) is 18.3 Å². The van der Waals surface area contributed by atoms with Gasteiger partial charge in [0.05, 0.1) is 18.0 Å².